The molecule has 1 unspecified atom stereocenters. The molecule has 1 saturated heterocycles. The fourth-order valence-electron chi connectivity index (χ4n) is 2.74. The molecule has 0 bridgehead atoms. The number of halogens is 1. The second-order valence-corrected chi connectivity index (χ2v) is 6.02. The SMILES string of the molecule is CNC(CCN1CCC(C)(O)CC1)c1ccc(F)cc1. The topological polar surface area (TPSA) is 35.5 Å². The van der Waals surface area contributed by atoms with Crippen LogP contribution in [0, 0.1) is 5.82 Å². The largest absolute Gasteiger partial charge is 0.390 e. The molecule has 0 spiro atoms. The average molecular weight is 280 g/mol. The normalized spacial score (nSPS) is 20.8. The molecule has 1 aromatic carbocycles. The minimum Gasteiger partial charge on any atom is -0.390 e. The van der Waals surface area contributed by atoms with Crippen LogP contribution in [0.25, 0.3) is 0 Å². The van der Waals surface area contributed by atoms with Crippen LogP contribution in [-0.2, 0) is 0 Å². The van der Waals surface area contributed by atoms with Gasteiger partial charge in [-0.2, -0.15) is 0 Å². The molecule has 1 heterocycles. The molecule has 0 aromatic heterocycles. The molecule has 2 rings (SSSR count). The highest BCUT2D eigenvalue weighted by Crippen LogP contribution is 2.23. The second-order valence-electron chi connectivity index (χ2n) is 6.02. The number of hydrogen-bond acceptors (Lipinski definition) is 3. The molecular weight excluding hydrogens is 255 g/mol. The van der Waals surface area contributed by atoms with E-state index < -0.39 is 5.60 Å². The number of piperidine rings is 1. The van der Waals surface area contributed by atoms with Crippen molar-refractivity contribution in [1.82, 2.24) is 10.2 Å². The molecule has 1 aliphatic rings. The number of aliphatic hydroxyl groups is 1. The fraction of sp³-hybridized carbons (Fsp3) is 0.625. The van der Waals surface area contributed by atoms with Crippen LogP contribution in [0.3, 0.4) is 0 Å². The lowest BCUT2D eigenvalue weighted by atomic mass is 9.93. The zero-order valence-electron chi connectivity index (χ0n) is 12.4. The molecule has 4 heteroatoms. The second kappa shape index (κ2) is 6.66. The van der Waals surface area contributed by atoms with E-state index >= 15 is 0 Å². The maximum Gasteiger partial charge on any atom is 0.123 e. The van der Waals surface area contributed by atoms with Gasteiger partial charge in [0.1, 0.15) is 5.82 Å². The van der Waals surface area contributed by atoms with Crippen LogP contribution in [0.5, 0.6) is 0 Å². The Bertz CT molecular complexity index is 409. The molecule has 0 aliphatic carbocycles. The number of benzene rings is 1. The van der Waals surface area contributed by atoms with E-state index in [-0.39, 0.29) is 11.9 Å². The van der Waals surface area contributed by atoms with E-state index in [1.54, 1.807) is 0 Å². The summed E-state index contributed by atoms with van der Waals surface area (Å²) < 4.78 is 13.0. The molecule has 0 radical (unpaired) electrons. The monoisotopic (exact) mass is 280 g/mol. The van der Waals surface area contributed by atoms with Crippen molar-refractivity contribution in [2.45, 2.75) is 37.8 Å². The Morgan fingerprint density at radius 2 is 1.90 bits per heavy atom. The van der Waals surface area contributed by atoms with Crippen LogP contribution < -0.4 is 5.32 Å². The number of nitrogens with one attached hydrogen (secondary N) is 1. The van der Waals surface area contributed by atoms with Crippen LogP contribution in [0.1, 0.15) is 37.8 Å². The van der Waals surface area contributed by atoms with Crippen molar-refractivity contribution in [2.75, 3.05) is 26.7 Å². The molecule has 1 atom stereocenters. The quantitative estimate of drug-likeness (QED) is 0.869. The van der Waals surface area contributed by atoms with Gasteiger partial charge in [0, 0.05) is 19.1 Å². The van der Waals surface area contributed by atoms with E-state index in [0.717, 1.165) is 44.5 Å². The predicted octanol–water partition coefficient (Wildman–Crippen LogP) is 2.32. The lowest BCUT2D eigenvalue weighted by Crippen LogP contribution is -2.43. The smallest absolute Gasteiger partial charge is 0.123 e. The summed E-state index contributed by atoms with van der Waals surface area (Å²) in [5, 5.41) is 13.2. The Hall–Kier alpha value is -0.970. The first kappa shape index (κ1) is 15.4. The highest BCUT2D eigenvalue weighted by atomic mass is 19.1. The van der Waals surface area contributed by atoms with Gasteiger partial charge in [-0.15, -0.1) is 0 Å². The fourth-order valence-corrected chi connectivity index (χ4v) is 2.74. The molecule has 20 heavy (non-hydrogen) atoms. The maximum atomic E-state index is 13.0. The third-order valence-corrected chi connectivity index (χ3v) is 4.29. The van der Waals surface area contributed by atoms with Crippen LogP contribution in [0.15, 0.2) is 24.3 Å². The summed E-state index contributed by atoms with van der Waals surface area (Å²) in [7, 11) is 1.94. The molecule has 1 aliphatic heterocycles. The van der Waals surface area contributed by atoms with E-state index in [2.05, 4.69) is 10.2 Å². The van der Waals surface area contributed by atoms with Gasteiger partial charge in [-0.3, -0.25) is 0 Å². The minimum absolute atomic E-state index is 0.193. The van der Waals surface area contributed by atoms with E-state index in [4.69, 9.17) is 0 Å². The van der Waals surface area contributed by atoms with E-state index in [1.807, 2.05) is 26.1 Å². The Morgan fingerprint density at radius 3 is 2.45 bits per heavy atom. The molecule has 2 N–H and O–H groups in total. The van der Waals surface area contributed by atoms with E-state index in [0.29, 0.717) is 0 Å². The molecular formula is C16H25FN2O. The number of rotatable bonds is 5. The van der Waals surface area contributed by atoms with Gasteiger partial charge < -0.3 is 15.3 Å². The lowest BCUT2D eigenvalue weighted by molar-refractivity contribution is -0.00593. The van der Waals surface area contributed by atoms with Crippen molar-refractivity contribution in [2.24, 2.45) is 0 Å². The molecule has 0 amide bonds. The first-order chi connectivity index (χ1) is 9.50. The number of nitrogens with zero attached hydrogens (tertiary/aromatic N) is 1. The molecule has 112 valence electrons. The van der Waals surface area contributed by atoms with Crippen LogP contribution in [0.4, 0.5) is 4.39 Å². The summed E-state index contributed by atoms with van der Waals surface area (Å²) in [4.78, 5) is 2.39. The van der Waals surface area contributed by atoms with Crippen molar-refractivity contribution in [3.05, 3.63) is 35.6 Å². The van der Waals surface area contributed by atoms with Crippen molar-refractivity contribution >= 4 is 0 Å². The first-order valence-corrected chi connectivity index (χ1v) is 7.38. The molecule has 0 saturated carbocycles. The van der Waals surface area contributed by atoms with Crippen molar-refractivity contribution in [3.63, 3.8) is 0 Å². The molecule has 3 nitrogen and oxygen atoms in total. The van der Waals surface area contributed by atoms with E-state index in [9.17, 15) is 9.50 Å². The third kappa shape index (κ3) is 4.27. The van der Waals surface area contributed by atoms with E-state index in [1.165, 1.54) is 12.1 Å². The van der Waals surface area contributed by atoms with Gasteiger partial charge in [0.25, 0.3) is 0 Å². The van der Waals surface area contributed by atoms with Gasteiger partial charge in [0.2, 0.25) is 0 Å². The lowest BCUT2D eigenvalue weighted by Gasteiger charge is -2.36. The van der Waals surface area contributed by atoms with Crippen LogP contribution >= 0.6 is 0 Å². The summed E-state index contributed by atoms with van der Waals surface area (Å²) in [6, 6.07) is 6.96. The molecule has 1 fully saturated rings. The Labute approximate surface area is 120 Å². The van der Waals surface area contributed by atoms with Crippen LogP contribution in [-0.4, -0.2) is 42.3 Å². The average Bonchev–Trinajstić information content (AvgIpc) is 2.43. The van der Waals surface area contributed by atoms with Crippen molar-refractivity contribution in [3.8, 4) is 0 Å². The highest BCUT2D eigenvalue weighted by Gasteiger charge is 2.27. The van der Waals surface area contributed by atoms with Crippen molar-refractivity contribution < 1.29 is 9.50 Å². The summed E-state index contributed by atoms with van der Waals surface area (Å²) in [5.74, 6) is -0.193. The highest BCUT2D eigenvalue weighted by molar-refractivity contribution is 5.19. The Morgan fingerprint density at radius 1 is 1.30 bits per heavy atom. The minimum atomic E-state index is -0.490. The van der Waals surface area contributed by atoms with Gasteiger partial charge in [0.05, 0.1) is 5.60 Å². The summed E-state index contributed by atoms with van der Waals surface area (Å²) in [5.41, 5.74) is 0.633. The Kier molecular flexibility index (Phi) is 5.13. The van der Waals surface area contributed by atoms with Gasteiger partial charge in [-0.05, 0) is 57.5 Å². The summed E-state index contributed by atoms with van der Waals surface area (Å²) in [6.45, 7) is 4.82. The van der Waals surface area contributed by atoms with Gasteiger partial charge in [-0.1, -0.05) is 12.1 Å². The maximum absolute atomic E-state index is 13.0. The number of likely N-dealkylation sites (tertiary alicyclic amines) is 1. The number of hydrogen-bond donors (Lipinski definition) is 2. The van der Waals surface area contributed by atoms with Crippen LogP contribution in [0.2, 0.25) is 0 Å². The van der Waals surface area contributed by atoms with Gasteiger partial charge in [-0.25, -0.2) is 4.39 Å². The Balaban J connectivity index is 1.84. The first-order valence-electron chi connectivity index (χ1n) is 7.38. The summed E-state index contributed by atoms with van der Waals surface area (Å²) in [6.07, 6.45) is 2.67. The van der Waals surface area contributed by atoms with Gasteiger partial charge >= 0.3 is 0 Å². The zero-order valence-corrected chi connectivity index (χ0v) is 12.4. The molecule has 1 aromatic rings. The summed E-state index contributed by atoms with van der Waals surface area (Å²) >= 11 is 0. The van der Waals surface area contributed by atoms with Gasteiger partial charge in [0.15, 0.2) is 0 Å². The standard InChI is InChI=1S/C16H25FN2O/c1-16(20)8-11-19(12-9-16)10-7-15(18-2)13-3-5-14(17)6-4-13/h3-6,15,18,20H,7-12H2,1-2H3. The predicted molar refractivity (Wildman–Crippen MR) is 79.1 cm³/mol. The third-order valence-electron chi connectivity index (χ3n) is 4.29. The zero-order chi connectivity index (χ0) is 14.6. The van der Waals surface area contributed by atoms with Crippen molar-refractivity contribution in [1.29, 1.82) is 0 Å².